The molecule has 0 spiro atoms. The van der Waals surface area contributed by atoms with E-state index in [2.05, 4.69) is 266 Å². The summed E-state index contributed by atoms with van der Waals surface area (Å²) in [5, 5.41) is 2.23. The second kappa shape index (κ2) is 16.9. The summed E-state index contributed by atoms with van der Waals surface area (Å²) in [6, 6.07) is 88.7. The Morgan fingerprint density at radius 2 is 0.826 bits per heavy atom. The van der Waals surface area contributed by atoms with Crippen molar-refractivity contribution in [3.05, 3.63) is 289 Å². The maximum Gasteiger partial charge on any atom is 0.143 e. The van der Waals surface area contributed by atoms with Gasteiger partial charge in [-0.15, -0.1) is 0 Å². The van der Waals surface area contributed by atoms with Crippen molar-refractivity contribution in [2.24, 2.45) is 0 Å². The Hall–Kier alpha value is -8.72. The number of rotatable bonds is 9. The van der Waals surface area contributed by atoms with E-state index in [4.69, 9.17) is 4.42 Å². The highest BCUT2D eigenvalue weighted by Crippen LogP contribution is 2.57. The third-order valence-electron chi connectivity index (χ3n) is 14.4. The Bertz CT molecular complexity index is 3690. The first-order chi connectivity index (χ1) is 34.2. The number of anilines is 3. The van der Waals surface area contributed by atoms with Gasteiger partial charge in [0.2, 0.25) is 0 Å². The van der Waals surface area contributed by atoms with Crippen molar-refractivity contribution in [3.63, 3.8) is 0 Å². The molecular formula is C67H47NO. The minimum absolute atomic E-state index is 0.523. The summed E-state index contributed by atoms with van der Waals surface area (Å²) in [7, 11) is 0. The Morgan fingerprint density at radius 1 is 0.348 bits per heavy atom. The van der Waals surface area contributed by atoms with Crippen molar-refractivity contribution in [1.29, 1.82) is 0 Å². The van der Waals surface area contributed by atoms with Gasteiger partial charge in [0.25, 0.3) is 0 Å². The average molecular weight is 882 g/mol. The van der Waals surface area contributed by atoms with E-state index < -0.39 is 5.41 Å². The molecule has 1 heterocycles. The molecule has 0 aliphatic heterocycles. The van der Waals surface area contributed by atoms with Crippen molar-refractivity contribution in [2.75, 3.05) is 4.90 Å². The van der Waals surface area contributed by atoms with E-state index in [9.17, 15) is 0 Å². The van der Waals surface area contributed by atoms with Crippen molar-refractivity contribution in [2.45, 2.75) is 18.3 Å². The smallest absolute Gasteiger partial charge is 0.143 e. The fourth-order valence-corrected chi connectivity index (χ4v) is 11.2. The number of fused-ring (bicyclic) bond motifs is 6. The number of hydrogen-bond donors (Lipinski definition) is 0. The van der Waals surface area contributed by atoms with E-state index in [0.29, 0.717) is 0 Å². The van der Waals surface area contributed by atoms with Crippen molar-refractivity contribution >= 4 is 44.6 Å². The monoisotopic (exact) mass is 881 g/mol. The standard InChI is InChI=1S/C67H47NO/c1-5-17-46(18-6-1)47-31-33-48(34-32-47)49-35-39-54(40-36-49)68(55-41-37-51(38-42-55)58-27-16-29-62-61-28-15-26-57(65(61)69-66(58)62)50-19-7-2-8-20-50)56-43-44-60-59-25-13-14-30-63(59)67(64(60)45-56,52-21-9-3-10-22-52)53-23-11-4-12-24-53/h2-5,7-45H,1,6H2. The van der Waals surface area contributed by atoms with Crippen LogP contribution in [-0.2, 0) is 5.41 Å². The van der Waals surface area contributed by atoms with Gasteiger partial charge in [0.1, 0.15) is 11.2 Å². The molecule has 2 nitrogen and oxygen atoms in total. The molecule has 0 unspecified atom stereocenters. The topological polar surface area (TPSA) is 16.4 Å². The molecule has 326 valence electrons. The largest absolute Gasteiger partial charge is 0.455 e. The third kappa shape index (κ3) is 6.79. The van der Waals surface area contributed by atoms with E-state index in [1.165, 1.54) is 55.6 Å². The molecule has 0 amide bonds. The van der Waals surface area contributed by atoms with Gasteiger partial charge in [-0.2, -0.15) is 0 Å². The number of nitrogens with zero attached hydrogens (tertiary/aromatic N) is 1. The van der Waals surface area contributed by atoms with Gasteiger partial charge in [-0.3, -0.25) is 0 Å². The molecule has 13 rings (SSSR count). The summed E-state index contributed by atoms with van der Waals surface area (Å²) in [5.41, 5.74) is 21.4. The predicted octanol–water partition coefficient (Wildman–Crippen LogP) is 18.2. The average Bonchev–Trinajstić information content (AvgIpc) is 3.97. The molecule has 2 heteroatoms. The lowest BCUT2D eigenvalue weighted by molar-refractivity contribution is 0.671. The first-order valence-corrected chi connectivity index (χ1v) is 24.1. The Kier molecular flexibility index (Phi) is 9.91. The quantitative estimate of drug-likeness (QED) is 0.144. The SMILES string of the molecule is C1=CC(c2ccc(-c3ccc(N(c4ccc(-c5cccc6c5oc5c(-c7ccccc7)cccc56)cc4)c4ccc5c(c4)C(c4ccccc4)(c4ccccc4)c4ccccc4-5)cc3)cc2)=CCC1. The summed E-state index contributed by atoms with van der Waals surface area (Å²) in [6.07, 6.45) is 9.07. The van der Waals surface area contributed by atoms with Gasteiger partial charge in [0.05, 0.1) is 5.41 Å². The molecule has 2 aliphatic rings. The molecule has 0 saturated carbocycles. The highest BCUT2D eigenvalue weighted by atomic mass is 16.3. The third-order valence-corrected chi connectivity index (χ3v) is 14.4. The highest BCUT2D eigenvalue weighted by Gasteiger charge is 2.46. The van der Waals surface area contributed by atoms with Crippen LogP contribution in [0.1, 0.15) is 40.7 Å². The van der Waals surface area contributed by atoms with Crippen LogP contribution in [0.25, 0.3) is 72.0 Å². The summed E-state index contributed by atoms with van der Waals surface area (Å²) in [5.74, 6) is 0. The van der Waals surface area contributed by atoms with Crippen molar-refractivity contribution in [3.8, 4) is 44.5 Å². The van der Waals surface area contributed by atoms with E-state index >= 15 is 0 Å². The summed E-state index contributed by atoms with van der Waals surface area (Å²) >= 11 is 0. The zero-order valence-electron chi connectivity index (χ0n) is 38.1. The van der Waals surface area contributed by atoms with E-state index in [1.807, 2.05) is 0 Å². The van der Waals surface area contributed by atoms with Crippen LogP contribution in [0.15, 0.2) is 265 Å². The van der Waals surface area contributed by atoms with Crippen LogP contribution in [0.5, 0.6) is 0 Å². The van der Waals surface area contributed by atoms with E-state index in [1.54, 1.807) is 0 Å². The van der Waals surface area contributed by atoms with Gasteiger partial charge in [-0.05, 0) is 116 Å². The number of benzene rings is 10. The zero-order chi connectivity index (χ0) is 45.7. The van der Waals surface area contributed by atoms with Crippen molar-refractivity contribution in [1.82, 2.24) is 0 Å². The minimum Gasteiger partial charge on any atom is -0.455 e. The molecule has 0 saturated heterocycles. The van der Waals surface area contributed by atoms with Crippen LogP contribution >= 0.6 is 0 Å². The lowest BCUT2D eigenvalue weighted by Gasteiger charge is -2.35. The van der Waals surface area contributed by atoms with Gasteiger partial charge in [-0.25, -0.2) is 0 Å². The molecule has 10 aromatic carbocycles. The number of para-hydroxylation sites is 2. The molecule has 0 atom stereocenters. The molecule has 1 aromatic heterocycles. The summed E-state index contributed by atoms with van der Waals surface area (Å²) in [6.45, 7) is 0. The number of furan rings is 1. The van der Waals surface area contributed by atoms with Gasteiger partial charge < -0.3 is 9.32 Å². The fraction of sp³-hybridized carbons (Fsp3) is 0.0448. The molecule has 0 N–H and O–H groups in total. The lowest BCUT2D eigenvalue weighted by Crippen LogP contribution is -2.28. The van der Waals surface area contributed by atoms with Crippen LogP contribution < -0.4 is 4.90 Å². The normalized spacial score (nSPS) is 13.5. The highest BCUT2D eigenvalue weighted by molar-refractivity contribution is 6.13. The minimum atomic E-state index is -0.523. The Morgan fingerprint density at radius 3 is 1.42 bits per heavy atom. The molecule has 0 radical (unpaired) electrons. The van der Waals surface area contributed by atoms with Gasteiger partial charge in [0, 0.05) is 39.0 Å². The van der Waals surface area contributed by atoms with Gasteiger partial charge in [-0.1, -0.05) is 224 Å². The van der Waals surface area contributed by atoms with Crippen LogP contribution in [0, 0.1) is 0 Å². The van der Waals surface area contributed by atoms with Crippen LogP contribution in [0.4, 0.5) is 17.1 Å². The predicted molar refractivity (Wildman–Crippen MR) is 288 cm³/mol. The van der Waals surface area contributed by atoms with Crippen LogP contribution in [-0.4, -0.2) is 0 Å². The van der Waals surface area contributed by atoms with Crippen LogP contribution in [0.2, 0.25) is 0 Å². The molecule has 0 fully saturated rings. The van der Waals surface area contributed by atoms with E-state index in [0.717, 1.165) is 74.1 Å². The molecule has 0 bridgehead atoms. The second-order valence-electron chi connectivity index (χ2n) is 18.2. The Balaban J connectivity index is 0.952. The van der Waals surface area contributed by atoms with Gasteiger partial charge >= 0.3 is 0 Å². The number of hydrogen-bond acceptors (Lipinski definition) is 2. The Labute approximate surface area is 403 Å². The second-order valence-corrected chi connectivity index (χ2v) is 18.2. The maximum atomic E-state index is 6.87. The van der Waals surface area contributed by atoms with Gasteiger partial charge in [0.15, 0.2) is 0 Å². The molecule has 11 aromatic rings. The molecule has 69 heavy (non-hydrogen) atoms. The fourth-order valence-electron chi connectivity index (χ4n) is 11.2. The first kappa shape index (κ1) is 40.5. The number of allylic oxidation sites excluding steroid dienone is 4. The lowest BCUT2D eigenvalue weighted by atomic mass is 9.67. The maximum absolute atomic E-state index is 6.87. The van der Waals surface area contributed by atoms with Crippen LogP contribution in [0.3, 0.4) is 0 Å². The molecular weight excluding hydrogens is 835 g/mol. The zero-order valence-corrected chi connectivity index (χ0v) is 38.1. The molecule has 2 aliphatic carbocycles. The van der Waals surface area contributed by atoms with E-state index in [-0.39, 0.29) is 0 Å². The first-order valence-electron chi connectivity index (χ1n) is 24.1. The summed E-state index contributed by atoms with van der Waals surface area (Å²) in [4.78, 5) is 2.41. The van der Waals surface area contributed by atoms with Crippen molar-refractivity contribution < 1.29 is 4.42 Å². The summed E-state index contributed by atoms with van der Waals surface area (Å²) < 4.78 is 6.87.